The molecule has 0 saturated heterocycles. The summed E-state index contributed by atoms with van der Waals surface area (Å²) < 4.78 is 156. The van der Waals surface area contributed by atoms with E-state index in [2.05, 4.69) is 47.8 Å². The van der Waals surface area contributed by atoms with Crippen LogP contribution in [0.4, 0.5) is 13.2 Å². The van der Waals surface area contributed by atoms with Crippen LogP contribution in [0.5, 0.6) is 0 Å². The molecule has 0 bridgehead atoms. The van der Waals surface area contributed by atoms with Crippen LogP contribution in [0.25, 0.3) is 22.3 Å². The van der Waals surface area contributed by atoms with Crippen molar-refractivity contribution in [1.29, 1.82) is 0 Å². The smallest absolute Gasteiger partial charge is 0.306 e. The van der Waals surface area contributed by atoms with Gasteiger partial charge in [0.15, 0.2) is 17.1 Å². The highest BCUT2D eigenvalue weighted by molar-refractivity contribution is 8.13. The number of carbonyl (C=O) groups is 8. The molecule has 5 N–H and O–H groups in total. The lowest BCUT2D eigenvalue weighted by atomic mass is 9.44. The number of fused-ring (bicyclic) bond motifs is 5. The second-order valence-corrected chi connectivity index (χ2v) is 31.8. The number of aromatic nitrogens is 4. The van der Waals surface area contributed by atoms with E-state index in [4.69, 9.17) is 52.1 Å². The van der Waals surface area contributed by atoms with Crippen LogP contribution in [-0.2, 0) is 105 Å². The Kier molecular flexibility index (Phi) is 35.6. The van der Waals surface area contributed by atoms with Crippen molar-refractivity contribution >= 4 is 77.9 Å². The van der Waals surface area contributed by atoms with Gasteiger partial charge < -0.3 is 78.5 Å². The van der Waals surface area contributed by atoms with E-state index in [1.165, 1.54) is 43.9 Å². The standard InChI is InChI=1S/C73H99F3N8O24S3/c1-7-16-107-63(89)11-10-59(66(92)83-47-106-17-8-9-64(90)108-73(67(93)109-46-74)48(2)34-55-56-39-58(75)57-38-54(85)12-14-70(57,3)72(56,76)60(86)40-71(55,73)4)84-62(88)45-78-61(87)13-18-98-20-22-100-24-26-102-28-30-104-32-33-105-31-29-103-27-25-101-23-21-99-19-15-77-65(91)51-36-49(52-41-79-68(80-42-52)110(5,94)95)35-50(37-51)53-43-81-69(82-44-53)111(6,96)97/h7,12,14,35-38,41-44,48,55-56,58-60,86H,1,8-11,13,15-34,39-40,45-47H2,2-6H3,(H,77,91)(H,78,87)(H,83,92)(H,84,88)/t48-,55+,56+,58+,59+,60+,70+,71+,72+,73+/m1/s1. The van der Waals surface area contributed by atoms with Gasteiger partial charge in [-0.3, -0.25) is 38.4 Å². The molecule has 3 fully saturated rings. The maximum absolute atomic E-state index is 17.8. The summed E-state index contributed by atoms with van der Waals surface area (Å²) in [4.78, 5) is 120. The van der Waals surface area contributed by atoms with Gasteiger partial charge in [-0.25, -0.2) is 49.9 Å². The fourth-order valence-electron chi connectivity index (χ4n) is 14.1. The van der Waals surface area contributed by atoms with E-state index in [9.17, 15) is 64.7 Å². The lowest BCUT2D eigenvalue weighted by Crippen LogP contribution is -2.70. The average Bonchev–Trinajstić information content (AvgIpc) is 1.59. The third-order valence-electron chi connectivity index (χ3n) is 19.4. The molecular formula is C73H99F3N8O24S3. The lowest BCUT2D eigenvalue weighted by molar-refractivity contribution is -0.228. The maximum Gasteiger partial charge on any atom is 0.306 e. The third-order valence-corrected chi connectivity index (χ3v) is 21.9. The van der Waals surface area contributed by atoms with E-state index in [1.54, 1.807) is 32.0 Å². The first kappa shape index (κ1) is 90.6. The van der Waals surface area contributed by atoms with Crippen LogP contribution in [0.2, 0.25) is 0 Å². The summed E-state index contributed by atoms with van der Waals surface area (Å²) in [6.45, 7) is 11.5. The molecule has 0 aliphatic heterocycles. The van der Waals surface area contributed by atoms with Crippen molar-refractivity contribution in [3.8, 4) is 22.3 Å². The molecule has 0 unspecified atom stereocenters. The number of allylic oxidation sites excluding steroid dienone is 4. The van der Waals surface area contributed by atoms with Gasteiger partial charge in [0.25, 0.3) is 5.91 Å². The van der Waals surface area contributed by atoms with Crippen LogP contribution in [0, 0.1) is 28.6 Å². The zero-order valence-electron chi connectivity index (χ0n) is 62.7. The second-order valence-electron chi connectivity index (χ2n) is 27.1. The number of alkyl halides is 3. The fraction of sp³-hybridized carbons (Fsp3) is 0.616. The molecule has 38 heteroatoms. The first-order valence-electron chi connectivity index (χ1n) is 36.1. The van der Waals surface area contributed by atoms with Gasteiger partial charge in [-0.15, -0.1) is 0 Å². The predicted molar refractivity (Wildman–Crippen MR) is 392 cm³/mol. The Morgan fingerprint density at radius 3 is 1.70 bits per heavy atom. The van der Waals surface area contributed by atoms with Crippen LogP contribution in [-0.4, -0.2) is 275 Å². The van der Waals surface area contributed by atoms with Gasteiger partial charge in [0.1, 0.15) is 31.6 Å². The summed E-state index contributed by atoms with van der Waals surface area (Å²) in [6.07, 6.45) is 6.89. The molecule has 4 aliphatic carbocycles. The number of hydrogen-bond acceptors (Lipinski definition) is 29. The molecule has 32 nitrogen and oxygen atoms in total. The second kappa shape index (κ2) is 43.6. The number of thioether (sulfide) groups is 1. The molecule has 0 spiro atoms. The molecule has 2 heterocycles. The van der Waals surface area contributed by atoms with E-state index in [-0.39, 0.29) is 138 Å². The van der Waals surface area contributed by atoms with Crippen molar-refractivity contribution in [2.24, 2.45) is 28.6 Å². The average molecular weight is 1630 g/mol. The number of nitrogens with one attached hydrogen (secondary N) is 4. The van der Waals surface area contributed by atoms with E-state index in [0.29, 0.717) is 81.7 Å². The molecule has 111 heavy (non-hydrogen) atoms. The molecule has 1 aromatic carbocycles. The highest BCUT2D eigenvalue weighted by atomic mass is 32.2. The molecule has 614 valence electrons. The summed E-state index contributed by atoms with van der Waals surface area (Å²) in [6, 6.07) is 2.38. The van der Waals surface area contributed by atoms with Gasteiger partial charge in [-0.1, -0.05) is 32.6 Å². The number of rotatable bonds is 50. The molecule has 10 atom stereocenters. The highest BCUT2D eigenvalue weighted by Crippen LogP contribution is 2.72. The summed E-state index contributed by atoms with van der Waals surface area (Å²) in [5, 5.41) is 20.5. The van der Waals surface area contributed by atoms with Crippen LogP contribution in [0.3, 0.4) is 0 Å². The number of aliphatic hydroxyl groups excluding tert-OH is 1. The monoisotopic (exact) mass is 1620 g/mol. The number of carbonyl (C=O) groups excluding carboxylic acids is 8. The number of hydrogen-bond donors (Lipinski definition) is 5. The Labute approximate surface area is 646 Å². The van der Waals surface area contributed by atoms with Crippen molar-refractivity contribution in [1.82, 2.24) is 41.2 Å². The normalized spacial score (nSPS) is 22.9. The van der Waals surface area contributed by atoms with Gasteiger partial charge in [0.2, 0.25) is 52.8 Å². The minimum Gasteiger partial charge on any atom is -0.461 e. The Morgan fingerprint density at radius 1 is 0.667 bits per heavy atom. The van der Waals surface area contributed by atoms with Crippen molar-refractivity contribution in [3.63, 3.8) is 0 Å². The summed E-state index contributed by atoms with van der Waals surface area (Å²) in [7, 11) is -7.32. The van der Waals surface area contributed by atoms with Gasteiger partial charge in [0.05, 0.1) is 118 Å². The lowest BCUT2D eigenvalue weighted by Gasteiger charge is -2.63. The summed E-state index contributed by atoms with van der Waals surface area (Å²) >= 11 is 0.283. The van der Waals surface area contributed by atoms with Gasteiger partial charge in [-0.05, 0) is 104 Å². The first-order chi connectivity index (χ1) is 52.9. The third kappa shape index (κ3) is 25.2. The highest BCUT2D eigenvalue weighted by Gasteiger charge is 2.78. The maximum atomic E-state index is 17.8. The van der Waals surface area contributed by atoms with Crippen LogP contribution in [0.1, 0.15) is 82.5 Å². The number of sulfone groups is 2. The molecule has 0 radical (unpaired) electrons. The Bertz CT molecular complexity index is 3870. The molecule has 3 saturated carbocycles. The zero-order chi connectivity index (χ0) is 80.8. The Hall–Kier alpha value is -7.60. The van der Waals surface area contributed by atoms with Crippen LogP contribution < -0.4 is 21.3 Å². The van der Waals surface area contributed by atoms with E-state index < -0.39 is 156 Å². The number of nitrogens with zero attached hydrogens (tertiary/aromatic N) is 4. The van der Waals surface area contributed by atoms with Gasteiger partial charge in [0, 0.05) is 109 Å². The SMILES string of the molecule is C=CCOC(=O)CC[C@H](NC(=O)CNC(=O)CCOCCOCCOCCOCCOCCOCCOCCOCCNC(=O)c1cc(-c2cnc(S(C)(=O)=O)nc2)cc(-c2cnc(S(C)(=O)=O)nc2)c1)C(=O)NCOCCCC(=O)O[C@]1(C(=O)SCF)[C@H](C)C[C@H]2[C@@H]3C[C@H](F)C4=CC(=O)C=C[C@]4(C)[C@@]3(F)[C@@H](O)C[C@@]21C. The fourth-order valence-corrected chi connectivity index (χ4v) is 15.8. The topological polar surface area (TPSA) is 426 Å². The molecule has 3 aromatic rings. The number of esters is 2. The van der Waals surface area contributed by atoms with E-state index in [0.717, 1.165) is 24.7 Å². The van der Waals surface area contributed by atoms with Crippen LogP contribution >= 0.6 is 11.8 Å². The quantitative estimate of drug-likeness (QED) is 0.0177. The van der Waals surface area contributed by atoms with Gasteiger partial charge in [-0.2, -0.15) is 0 Å². The minimum atomic E-state index is -3.66. The molecule has 2 aromatic heterocycles. The predicted octanol–water partition coefficient (Wildman–Crippen LogP) is 3.67. The van der Waals surface area contributed by atoms with Crippen LogP contribution in [0.15, 0.2) is 89.8 Å². The number of amides is 4. The summed E-state index contributed by atoms with van der Waals surface area (Å²) in [5.74, 6) is -7.36. The zero-order valence-corrected chi connectivity index (χ0v) is 65.2. The van der Waals surface area contributed by atoms with Crippen molar-refractivity contribution in [2.75, 3.05) is 157 Å². The van der Waals surface area contributed by atoms with Crippen molar-refractivity contribution in [2.45, 2.75) is 112 Å². The molecule has 4 aliphatic rings. The number of ketones is 1. The van der Waals surface area contributed by atoms with E-state index >= 15 is 8.78 Å². The van der Waals surface area contributed by atoms with Gasteiger partial charge >= 0.3 is 11.9 Å². The molecule has 4 amide bonds. The summed E-state index contributed by atoms with van der Waals surface area (Å²) in [5.41, 5.74) is -5.75. The Balaban J connectivity index is 0.667. The number of ether oxygens (including phenoxy) is 11. The molecular weight excluding hydrogens is 1530 g/mol. The molecule has 7 rings (SSSR count). The first-order valence-corrected chi connectivity index (χ1v) is 40.9. The largest absolute Gasteiger partial charge is 0.461 e. The minimum absolute atomic E-state index is 0.00845. The van der Waals surface area contributed by atoms with E-state index in [1.807, 2.05) is 0 Å². The van der Waals surface area contributed by atoms with Crippen molar-refractivity contribution in [3.05, 3.63) is 85.0 Å². The Morgan fingerprint density at radius 2 is 1.19 bits per heavy atom. The number of halogens is 3. The van der Waals surface area contributed by atoms with Crippen molar-refractivity contribution < 1.29 is 126 Å². The number of aliphatic hydroxyl groups is 1. The number of benzene rings is 1.